The van der Waals surface area contributed by atoms with Gasteiger partial charge in [0.15, 0.2) is 0 Å². The smallest absolute Gasteiger partial charge is 0.245 e. The number of hydrogen-bond acceptors (Lipinski definition) is 2. The minimum atomic E-state index is 0.0120. The van der Waals surface area contributed by atoms with E-state index in [1.165, 1.54) is 11.6 Å². The molecule has 0 aromatic heterocycles. The molecule has 4 nitrogen and oxygen atoms in total. The zero-order valence-corrected chi connectivity index (χ0v) is 13.3. The van der Waals surface area contributed by atoms with Crippen LogP contribution in [0.25, 0.3) is 0 Å². The van der Waals surface area contributed by atoms with Crippen LogP contribution >= 0.6 is 0 Å². The van der Waals surface area contributed by atoms with Gasteiger partial charge in [-0.05, 0) is 30.4 Å². The van der Waals surface area contributed by atoms with Gasteiger partial charge in [0, 0.05) is 37.5 Å². The van der Waals surface area contributed by atoms with Crippen LogP contribution < -0.4 is 0 Å². The summed E-state index contributed by atoms with van der Waals surface area (Å²) in [4.78, 5) is 28.2. The molecule has 4 rings (SSSR count). The highest BCUT2D eigenvalue weighted by atomic mass is 16.2. The highest BCUT2D eigenvalue weighted by Crippen LogP contribution is 2.50. The molecule has 1 aromatic rings. The van der Waals surface area contributed by atoms with Gasteiger partial charge in [-0.15, -0.1) is 0 Å². The van der Waals surface area contributed by atoms with Gasteiger partial charge in [0.1, 0.15) is 0 Å². The van der Waals surface area contributed by atoms with Crippen LogP contribution in [0.1, 0.15) is 24.3 Å². The minimum absolute atomic E-state index is 0.0120. The van der Waals surface area contributed by atoms with Gasteiger partial charge in [-0.1, -0.05) is 36.9 Å². The Labute approximate surface area is 136 Å². The van der Waals surface area contributed by atoms with E-state index < -0.39 is 0 Å². The van der Waals surface area contributed by atoms with E-state index in [-0.39, 0.29) is 17.2 Å². The van der Waals surface area contributed by atoms with Crippen molar-refractivity contribution in [3.05, 3.63) is 48.6 Å². The molecular weight excluding hydrogens is 288 g/mol. The number of rotatable bonds is 3. The minimum Gasteiger partial charge on any atom is -0.341 e. The van der Waals surface area contributed by atoms with Crippen LogP contribution in [0, 0.1) is 11.3 Å². The predicted octanol–water partition coefficient (Wildman–Crippen LogP) is 2.04. The van der Waals surface area contributed by atoms with Crippen LogP contribution in [0.2, 0.25) is 0 Å². The second-order valence-electron chi connectivity index (χ2n) is 7.27. The summed E-state index contributed by atoms with van der Waals surface area (Å²) >= 11 is 0. The fourth-order valence-electron chi connectivity index (χ4n) is 4.20. The molecule has 2 atom stereocenters. The van der Waals surface area contributed by atoms with Crippen LogP contribution in [-0.4, -0.2) is 47.8 Å². The summed E-state index contributed by atoms with van der Waals surface area (Å²) in [6, 6.07) is 10.3. The number of carbonyl (C=O) groups is 2. The summed E-state index contributed by atoms with van der Waals surface area (Å²) in [5.41, 5.74) is 1.43. The normalized spacial score (nSPS) is 27.7. The van der Waals surface area contributed by atoms with Crippen molar-refractivity contribution in [2.75, 3.05) is 26.2 Å². The molecule has 2 amide bonds. The van der Waals surface area contributed by atoms with E-state index in [1.807, 2.05) is 28.0 Å². The maximum atomic E-state index is 12.6. The molecule has 2 aliphatic heterocycles. The first-order valence-corrected chi connectivity index (χ1v) is 8.37. The summed E-state index contributed by atoms with van der Waals surface area (Å²) in [6.45, 7) is 6.74. The lowest BCUT2D eigenvalue weighted by Crippen LogP contribution is -2.60. The number of amides is 2. The average Bonchev–Trinajstić information content (AvgIpc) is 3.23. The van der Waals surface area contributed by atoms with E-state index in [1.54, 1.807) is 0 Å². The van der Waals surface area contributed by atoms with Gasteiger partial charge in [0.05, 0.1) is 0 Å². The molecule has 1 aromatic carbocycles. The molecule has 1 spiro atoms. The predicted molar refractivity (Wildman–Crippen MR) is 87.7 cm³/mol. The van der Waals surface area contributed by atoms with Gasteiger partial charge in [-0.3, -0.25) is 9.59 Å². The third-order valence-corrected chi connectivity index (χ3v) is 5.62. The van der Waals surface area contributed by atoms with E-state index in [2.05, 4.69) is 18.7 Å². The van der Waals surface area contributed by atoms with Crippen LogP contribution in [0.5, 0.6) is 0 Å². The first-order chi connectivity index (χ1) is 11.1. The third-order valence-electron chi connectivity index (χ3n) is 5.62. The standard InChI is InChI=1S/C19H22N2O2/c1-2-17(22)20-9-8-19(11-20)12-21(13-19)18(23)16-10-15(16)14-6-4-3-5-7-14/h2-7,15-16H,1,8-13H2/t15-,16+/m0/s1. The summed E-state index contributed by atoms with van der Waals surface area (Å²) in [6.07, 6.45) is 3.37. The number of carbonyl (C=O) groups excluding carboxylic acids is 2. The number of nitrogens with zero attached hydrogens (tertiary/aromatic N) is 2. The molecular formula is C19H22N2O2. The lowest BCUT2D eigenvalue weighted by Gasteiger charge is -2.48. The Hall–Kier alpha value is -2.10. The fourth-order valence-corrected chi connectivity index (χ4v) is 4.20. The van der Waals surface area contributed by atoms with Crippen LogP contribution in [0.15, 0.2) is 43.0 Å². The van der Waals surface area contributed by atoms with Crippen molar-refractivity contribution in [3.8, 4) is 0 Å². The Bertz CT molecular complexity index is 649. The van der Waals surface area contributed by atoms with Crippen LogP contribution in [0.3, 0.4) is 0 Å². The summed E-state index contributed by atoms with van der Waals surface area (Å²) in [7, 11) is 0. The molecule has 2 saturated heterocycles. The monoisotopic (exact) mass is 310 g/mol. The van der Waals surface area contributed by atoms with Crippen molar-refractivity contribution in [2.24, 2.45) is 11.3 Å². The molecule has 1 aliphatic carbocycles. The first-order valence-electron chi connectivity index (χ1n) is 8.37. The van der Waals surface area contributed by atoms with E-state index in [0.29, 0.717) is 11.8 Å². The van der Waals surface area contributed by atoms with Gasteiger partial charge in [0.2, 0.25) is 11.8 Å². The Kier molecular flexibility index (Phi) is 3.29. The zero-order chi connectivity index (χ0) is 16.0. The van der Waals surface area contributed by atoms with Crippen molar-refractivity contribution >= 4 is 11.8 Å². The van der Waals surface area contributed by atoms with Gasteiger partial charge >= 0.3 is 0 Å². The van der Waals surface area contributed by atoms with E-state index in [4.69, 9.17) is 0 Å². The molecule has 4 heteroatoms. The second kappa shape index (κ2) is 5.22. The largest absolute Gasteiger partial charge is 0.341 e. The SMILES string of the molecule is C=CC(=O)N1CCC2(C1)CN(C(=O)[C@@H]1C[C@H]1c1ccccc1)C2. The Morgan fingerprint density at radius 2 is 1.83 bits per heavy atom. The van der Waals surface area contributed by atoms with Crippen molar-refractivity contribution < 1.29 is 9.59 Å². The molecule has 0 N–H and O–H groups in total. The van der Waals surface area contributed by atoms with Crippen molar-refractivity contribution in [1.29, 1.82) is 0 Å². The zero-order valence-electron chi connectivity index (χ0n) is 13.3. The summed E-state index contributed by atoms with van der Waals surface area (Å²) in [5, 5.41) is 0. The topological polar surface area (TPSA) is 40.6 Å². The Balaban J connectivity index is 1.32. The average molecular weight is 310 g/mol. The maximum absolute atomic E-state index is 12.6. The molecule has 3 fully saturated rings. The number of hydrogen-bond donors (Lipinski definition) is 0. The highest BCUT2D eigenvalue weighted by molar-refractivity contribution is 5.87. The molecule has 0 radical (unpaired) electrons. The number of likely N-dealkylation sites (tertiary alicyclic amines) is 2. The van der Waals surface area contributed by atoms with Gasteiger partial charge < -0.3 is 9.80 Å². The van der Waals surface area contributed by atoms with Crippen molar-refractivity contribution in [3.63, 3.8) is 0 Å². The van der Waals surface area contributed by atoms with Gasteiger partial charge in [0.25, 0.3) is 0 Å². The van der Waals surface area contributed by atoms with E-state index in [0.717, 1.165) is 39.0 Å². The summed E-state index contributed by atoms with van der Waals surface area (Å²) < 4.78 is 0. The molecule has 0 bridgehead atoms. The molecule has 1 saturated carbocycles. The third kappa shape index (κ3) is 2.46. The molecule has 120 valence electrons. The molecule has 0 unspecified atom stereocenters. The van der Waals surface area contributed by atoms with E-state index >= 15 is 0 Å². The quantitative estimate of drug-likeness (QED) is 0.802. The first kappa shape index (κ1) is 14.5. The van der Waals surface area contributed by atoms with E-state index in [9.17, 15) is 9.59 Å². The molecule has 2 heterocycles. The summed E-state index contributed by atoms with van der Waals surface area (Å²) in [5.74, 6) is 0.890. The second-order valence-corrected chi connectivity index (χ2v) is 7.27. The van der Waals surface area contributed by atoms with Gasteiger partial charge in [-0.25, -0.2) is 0 Å². The highest BCUT2D eigenvalue weighted by Gasteiger charge is 2.54. The Morgan fingerprint density at radius 3 is 2.52 bits per heavy atom. The maximum Gasteiger partial charge on any atom is 0.245 e. The number of benzene rings is 1. The van der Waals surface area contributed by atoms with Gasteiger partial charge in [-0.2, -0.15) is 0 Å². The van der Waals surface area contributed by atoms with Crippen molar-refractivity contribution in [2.45, 2.75) is 18.8 Å². The lowest BCUT2D eigenvalue weighted by molar-refractivity contribution is -0.144. The molecule has 3 aliphatic rings. The lowest BCUT2D eigenvalue weighted by atomic mass is 9.78. The molecule has 23 heavy (non-hydrogen) atoms. The Morgan fingerprint density at radius 1 is 1.13 bits per heavy atom. The van der Waals surface area contributed by atoms with Crippen LogP contribution in [0.4, 0.5) is 0 Å². The van der Waals surface area contributed by atoms with Crippen molar-refractivity contribution in [1.82, 2.24) is 9.80 Å². The van der Waals surface area contributed by atoms with Crippen LogP contribution in [-0.2, 0) is 9.59 Å². The fraction of sp³-hybridized carbons (Fsp3) is 0.474.